The molecule has 2 amide bonds. The Hall–Kier alpha value is -1.18. The summed E-state index contributed by atoms with van der Waals surface area (Å²) < 4.78 is 13.7. The summed E-state index contributed by atoms with van der Waals surface area (Å²) >= 11 is 1.98. The van der Waals surface area contributed by atoms with Crippen molar-refractivity contribution in [3.05, 3.63) is 33.1 Å². The van der Waals surface area contributed by atoms with Crippen molar-refractivity contribution in [1.29, 1.82) is 0 Å². The standard InChI is InChI=1S/C15H18FIN2O2/c16-11-4-5-12(13(17)8-11)15(21)19-7-1-2-10(9-19)3-6-14(18)20/h4-5,8,10H,1-3,6-7,9H2,(H2,18,20). The molecule has 1 aliphatic heterocycles. The summed E-state index contributed by atoms with van der Waals surface area (Å²) in [6.45, 7) is 1.35. The van der Waals surface area contributed by atoms with Crippen LogP contribution >= 0.6 is 22.6 Å². The molecule has 0 aliphatic carbocycles. The average Bonchev–Trinajstić information content (AvgIpc) is 2.45. The average molecular weight is 404 g/mol. The number of piperidine rings is 1. The molecule has 4 nitrogen and oxygen atoms in total. The number of hydrogen-bond acceptors (Lipinski definition) is 2. The van der Waals surface area contributed by atoms with Crippen LogP contribution < -0.4 is 5.73 Å². The van der Waals surface area contributed by atoms with Crippen molar-refractivity contribution in [3.63, 3.8) is 0 Å². The minimum atomic E-state index is -0.339. The molecule has 1 unspecified atom stereocenters. The zero-order valence-electron chi connectivity index (χ0n) is 11.6. The fourth-order valence-corrected chi connectivity index (χ4v) is 3.37. The predicted molar refractivity (Wildman–Crippen MR) is 86.2 cm³/mol. The first-order valence-electron chi connectivity index (χ1n) is 7.00. The first kappa shape index (κ1) is 16.2. The fourth-order valence-electron chi connectivity index (χ4n) is 2.66. The van der Waals surface area contributed by atoms with E-state index in [-0.39, 0.29) is 17.6 Å². The van der Waals surface area contributed by atoms with Gasteiger partial charge in [-0.05, 0) is 66.0 Å². The molecule has 1 saturated heterocycles. The number of nitrogens with zero attached hydrogens (tertiary/aromatic N) is 1. The van der Waals surface area contributed by atoms with Crippen LogP contribution in [0.2, 0.25) is 0 Å². The minimum Gasteiger partial charge on any atom is -0.370 e. The van der Waals surface area contributed by atoms with E-state index in [9.17, 15) is 14.0 Å². The largest absolute Gasteiger partial charge is 0.370 e. The minimum absolute atomic E-state index is 0.0665. The van der Waals surface area contributed by atoms with Crippen molar-refractivity contribution in [1.82, 2.24) is 4.90 Å². The molecule has 2 N–H and O–H groups in total. The number of halogens is 2. The lowest BCUT2D eigenvalue weighted by molar-refractivity contribution is -0.118. The van der Waals surface area contributed by atoms with Gasteiger partial charge in [0.25, 0.3) is 5.91 Å². The molecule has 6 heteroatoms. The van der Waals surface area contributed by atoms with Crippen LogP contribution in [0.4, 0.5) is 4.39 Å². The van der Waals surface area contributed by atoms with Gasteiger partial charge in [0.1, 0.15) is 5.82 Å². The number of hydrogen-bond donors (Lipinski definition) is 1. The van der Waals surface area contributed by atoms with Crippen LogP contribution in [0.25, 0.3) is 0 Å². The van der Waals surface area contributed by atoms with Gasteiger partial charge in [-0.15, -0.1) is 0 Å². The third-order valence-electron chi connectivity index (χ3n) is 3.77. The lowest BCUT2D eigenvalue weighted by atomic mass is 9.93. The van der Waals surface area contributed by atoms with Gasteiger partial charge in [0.15, 0.2) is 0 Å². The highest BCUT2D eigenvalue weighted by Crippen LogP contribution is 2.24. The molecule has 1 atom stereocenters. The summed E-state index contributed by atoms with van der Waals surface area (Å²) in [6, 6.07) is 4.21. The van der Waals surface area contributed by atoms with Gasteiger partial charge in [-0.2, -0.15) is 0 Å². The van der Waals surface area contributed by atoms with E-state index in [1.54, 1.807) is 4.90 Å². The Morgan fingerprint density at radius 3 is 2.86 bits per heavy atom. The topological polar surface area (TPSA) is 63.4 Å². The van der Waals surface area contributed by atoms with Crippen LogP contribution in [-0.4, -0.2) is 29.8 Å². The number of rotatable bonds is 4. The van der Waals surface area contributed by atoms with Crippen molar-refractivity contribution in [2.45, 2.75) is 25.7 Å². The Morgan fingerprint density at radius 1 is 1.43 bits per heavy atom. The van der Waals surface area contributed by atoms with Gasteiger partial charge in [0.05, 0.1) is 5.56 Å². The number of nitrogens with two attached hydrogens (primary N) is 1. The van der Waals surface area contributed by atoms with Crippen LogP contribution in [0.15, 0.2) is 18.2 Å². The van der Waals surface area contributed by atoms with Crippen LogP contribution in [-0.2, 0) is 4.79 Å². The van der Waals surface area contributed by atoms with Crippen molar-refractivity contribution in [2.24, 2.45) is 11.7 Å². The molecule has 2 rings (SSSR count). The Bertz CT molecular complexity index is 550. The Morgan fingerprint density at radius 2 is 2.19 bits per heavy atom. The number of carbonyl (C=O) groups is 2. The van der Waals surface area contributed by atoms with Crippen molar-refractivity contribution < 1.29 is 14.0 Å². The molecule has 1 aromatic carbocycles. The van der Waals surface area contributed by atoms with Crippen molar-refractivity contribution in [2.75, 3.05) is 13.1 Å². The van der Waals surface area contributed by atoms with Crippen molar-refractivity contribution >= 4 is 34.4 Å². The zero-order chi connectivity index (χ0) is 15.4. The van der Waals surface area contributed by atoms with Gasteiger partial charge in [-0.25, -0.2) is 4.39 Å². The summed E-state index contributed by atoms with van der Waals surface area (Å²) in [6.07, 6.45) is 3.02. The molecule has 1 aromatic rings. The summed E-state index contributed by atoms with van der Waals surface area (Å²) in [5.74, 6) is -0.392. The normalized spacial score (nSPS) is 18.6. The van der Waals surface area contributed by atoms with E-state index in [0.29, 0.717) is 34.6 Å². The molecular formula is C15H18FIN2O2. The zero-order valence-corrected chi connectivity index (χ0v) is 13.8. The van der Waals surface area contributed by atoms with E-state index in [0.717, 1.165) is 19.3 Å². The van der Waals surface area contributed by atoms with E-state index in [2.05, 4.69) is 0 Å². The van der Waals surface area contributed by atoms with Crippen LogP contribution in [0.1, 0.15) is 36.0 Å². The van der Waals surface area contributed by atoms with Gasteiger partial charge in [0, 0.05) is 23.1 Å². The lowest BCUT2D eigenvalue weighted by Crippen LogP contribution is -2.40. The highest BCUT2D eigenvalue weighted by molar-refractivity contribution is 14.1. The van der Waals surface area contributed by atoms with E-state index in [4.69, 9.17) is 5.73 Å². The maximum Gasteiger partial charge on any atom is 0.254 e. The quantitative estimate of drug-likeness (QED) is 0.785. The van der Waals surface area contributed by atoms with Crippen molar-refractivity contribution in [3.8, 4) is 0 Å². The van der Waals surface area contributed by atoms with Crippen LogP contribution in [0, 0.1) is 15.3 Å². The monoisotopic (exact) mass is 404 g/mol. The molecule has 0 saturated carbocycles. The maximum absolute atomic E-state index is 13.1. The summed E-state index contributed by atoms with van der Waals surface area (Å²) in [4.78, 5) is 25.2. The van der Waals surface area contributed by atoms with E-state index >= 15 is 0 Å². The fraction of sp³-hybridized carbons (Fsp3) is 0.467. The molecule has 21 heavy (non-hydrogen) atoms. The van der Waals surface area contributed by atoms with Gasteiger partial charge in [-0.3, -0.25) is 9.59 Å². The smallest absolute Gasteiger partial charge is 0.254 e. The van der Waals surface area contributed by atoms with E-state index in [1.165, 1.54) is 18.2 Å². The van der Waals surface area contributed by atoms with Crippen LogP contribution in [0.5, 0.6) is 0 Å². The van der Waals surface area contributed by atoms with Gasteiger partial charge in [-0.1, -0.05) is 0 Å². The highest BCUT2D eigenvalue weighted by Gasteiger charge is 2.25. The third kappa shape index (κ3) is 4.39. The summed E-state index contributed by atoms with van der Waals surface area (Å²) in [5, 5.41) is 0. The van der Waals surface area contributed by atoms with Gasteiger partial charge >= 0.3 is 0 Å². The number of amides is 2. The highest BCUT2D eigenvalue weighted by atomic mass is 127. The van der Waals surface area contributed by atoms with Crippen LogP contribution in [0.3, 0.4) is 0 Å². The maximum atomic E-state index is 13.1. The van der Waals surface area contributed by atoms with E-state index in [1.807, 2.05) is 22.6 Å². The Balaban J connectivity index is 2.03. The molecule has 0 aromatic heterocycles. The molecule has 0 bridgehead atoms. The molecule has 1 heterocycles. The second-order valence-electron chi connectivity index (χ2n) is 5.39. The third-order valence-corrected chi connectivity index (χ3v) is 4.66. The van der Waals surface area contributed by atoms with Gasteiger partial charge in [0.2, 0.25) is 5.91 Å². The Labute approximate surface area is 137 Å². The lowest BCUT2D eigenvalue weighted by Gasteiger charge is -2.33. The molecule has 1 aliphatic rings. The molecular weight excluding hydrogens is 386 g/mol. The first-order chi connectivity index (χ1) is 9.97. The number of carbonyl (C=O) groups excluding carboxylic acids is 2. The van der Waals surface area contributed by atoms with E-state index < -0.39 is 0 Å². The Kier molecular flexibility index (Phi) is 5.55. The molecule has 0 spiro atoms. The summed E-state index contributed by atoms with van der Waals surface area (Å²) in [5.41, 5.74) is 5.71. The number of benzene rings is 1. The molecule has 0 radical (unpaired) electrons. The van der Waals surface area contributed by atoms with Gasteiger partial charge < -0.3 is 10.6 Å². The molecule has 1 fully saturated rings. The second kappa shape index (κ2) is 7.20. The first-order valence-corrected chi connectivity index (χ1v) is 8.08. The molecule has 114 valence electrons. The SMILES string of the molecule is NC(=O)CCC1CCCN(C(=O)c2ccc(F)cc2I)C1. The number of likely N-dealkylation sites (tertiary alicyclic amines) is 1. The predicted octanol–water partition coefficient (Wildman–Crippen LogP) is 2.55. The summed E-state index contributed by atoms with van der Waals surface area (Å²) in [7, 11) is 0. The second-order valence-corrected chi connectivity index (χ2v) is 6.55. The number of primary amides is 1.